The number of hydrogen-bond acceptors (Lipinski definition) is 3. The number of likely N-dealkylation sites (tertiary alicyclic amines) is 1. The zero-order valence-electron chi connectivity index (χ0n) is 11.5. The standard InChI is InChI=1S/C13H24N2O3/c1-4-10(3)14-12(16)8-15-6-5-9(2)7-11(15)13(17)18/h9-11H,4-8H2,1-3H3,(H,14,16)(H,17,18). The van der Waals surface area contributed by atoms with E-state index < -0.39 is 12.0 Å². The van der Waals surface area contributed by atoms with Gasteiger partial charge in [-0.1, -0.05) is 13.8 Å². The molecule has 2 N–H and O–H groups in total. The predicted octanol–water partition coefficient (Wildman–Crippen LogP) is 1.09. The normalized spacial score (nSPS) is 26.6. The average Bonchev–Trinajstić information content (AvgIpc) is 2.30. The highest BCUT2D eigenvalue weighted by Gasteiger charge is 2.32. The van der Waals surface area contributed by atoms with E-state index in [-0.39, 0.29) is 18.5 Å². The van der Waals surface area contributed by atoms with E-state index in [9.17, 15) is 14.7 Å². The summed E-state index contributed by atoms with van der Waals surface area (Å²) in [5.41, 5.74) is 0. The molecule has 0 aromatic carbocycles. The first-order valence-corrected chi connectivity index (χ1v) is 6.70. The lowest BCUT2D eigenvalue weighted by Crippen LogP contribution is -2.51. The van der Waals surface area contributed by atoms with E-state index in [2.05, 4.69) is 12.2 Å². The summed E-state index contributed by atoms with van der Waals surface area (Å²) in [6, 6.07) is -0.374. The SMILES string of the molecule is CCC(C)NC(=O)CN1CCC(C)CC1C(=O)O. The van der Waals surface area contributed by atoms with Gasteiger partial charge in [-0.15, -0.1) is 0 Å². The molecule has 1 saturated heterocycles. The Balaban J connectivity index is 2.53. The summed E-state index contributed by atoms with van der Waals surface area (Å²) >= 11 is 0. The van der Waals surface area contributed by atoms with Gasteiger partial charge < -0.3 is 10.4 Å². The zero-order valence-corrected chi connectivity index (χ0v) is 11.5. The van der Waals surface area contributed by atoms with Gasteiger partial charge in [-0.05, 0) is 38.6 Å². The Morgan fingerprint density at radius 2 is 2.17 bits per heavy atom. The maximum absolute atomic E-state index is 11.8. The fraction of sp³-hybridized carbons (Fsp3) is 0.846. The smallest absolute Gasteiger partial charge is 0.320 e. The Morgan fingerprint density at radius 1 is 1.50 bits per heavy atom. The largest absolute Gasteiger partial charge is 0.480 e. The molecule has 0 radical (unpaired) electrons. The van der Waals surface area contributed by atoms with Gasteiger partial charge in [0, 0.05) is 6.04 Å². The minimum atomic E-state index is -0.821. The fourth-order valence-electron chi connectivity index (χ4n) is 2.24. The summed E-state index contributed by atoms with van der Waals surface area (Å²) in [5.74, 6) is -0.483. The molecule has 0 aromatic rings. The van der Waals surface area contributed by atoms with Crippen LogP contribution in [-0.4, -0.2) is 47.1 Å². The van der Waals surface area contributed by atoms with Gasteiger partial charge in [0.05, 0.1) is 6.54 Å². The van der Waals surface area contributed by atoms with Crippen molar-refractivity contribution in [2.45, 2.75) is 52.1 Å². The molecule has 1 fully saturated rings. The van der Waals surface area contributed by atoms with E-state index in [1.54, 1.807) is 4.90 Å². The van der Waals surface area contributed by atoms with E-state index in [0.29, 0.717) is 18.9 Å². The lowest BCUT2D eigenvalue weighted by Gasteiger charge is -2.35. The lowest BCUT2D eigenvalue weighted by molar-refractivity contribution is -0.146. The molecule has 0 aromatic heterocycles. The molecule has 1 heterocycles. The molecule has 0 aliphatic carbocycles. The van der Waals surface area contributed by atoms with Gasteiger partial charge in [0.25, 0.3) is 0 Å². The molecule has 0 bridgehead atoms. The van der Waals surface area contributed by atoms with Crippen LogP contribution in [0.3, 0.4) is 0 Å². The summed E-state index contributed by atoms with van der Waals surface area (Å²) in [4.78, 5) is 24.8. The number of nitrogens with zero attached hydrogens (tertiary/aromatic N) is 1. The van der Waals surface area contributed by atoms with Gasteiger partial charge in [-0.25, -0.2) is 0 Å². The van der Waals surface area contributed by atoms with Crippen LogP contribution in [0.15, 0.2) is 0 Å². The van der Waals surface area contributed by atoms with Crippen LogP contribution in [0.1, 0.15) is 40.0 Å². The van der Waals surface area contributed by atoms with Crippen LogP contribution in [0.4, 0.5) is 0 Å². The average molecular weight is 256 g/mol. The van der Waals surface area contributed by atoms with Crippen LogP contribution in [0, 0.1) is 5.92 Å². The van der Waals surface area contributed by atoms with Crippen molar-refractivity contribution < 1.29 is 14.7 Å². The molecule has 1 amide bonds. The molecule has 3 atom stereocenters. The van der Waals surface area contributed by atoms with Crippen molar-refractivity contribution in [3.05, 3.63) is 0 Å². The third-order valence-electron chi connectivity index (χ3n) is 3.63. The molecule has 0 spiro atoms. The van der Waals surface area contributed by atoms with Crippen molar-refractivity contribution >= 4 is 11.9 Å². The van der Waals surface area contributed by atoms with E-state index in [4.69, 9.17) is 0 Å². The third kappa shape index (κ3) is 4.29. The van der Waals surface area contributed by atoms with Crippen molar-refractivity contribution in [3.8, 4) is 0 Å². The van der Waals surface area contributed by atoms with Crippen LogP contribution in [0.5, 0.6) is 0 Å². The van der Waals surface area contributed by atoms with Crippen LogP contribution in [0.25, 0.3) is 0 Å². The number of aliphatic carboxylic acids is 1. The lowest BCUT2D eigenvalue weighted by atomic mass is 9.92. The molecular weight excluding hydrogens is 232 g/mol. The van der Waals surface area contributed by atoms with Crippen LogP contribution >= 0.6 is 0 Å². The number of amides is 1. The van der Waals surface area contributed by atoms with Crippen molar-refractivity contribution in [2.75, 3.05) is 13.1 Å². The first-order valence-electron chi connectivity index (χ1n) is 6.70. The minimum Gasteiger partial charge on any atom is -0.480 e. The van der Waals surface area contributed by atoms with Crippen molar-refractivity contribution in [1.29, 1.82) is 0 Å². The second-order valence-corrected chi connectivity index (χ2v) is 5.33. The Hall–Kier alpha value is -1.10. The van der Waals surface area contributed by atoms with Gasteiger partial charge in [0.2, 0.25) is 5.91 Å². The van der Waals surface area contributed by atoms with Crippen molar-refractivity contribution in [3.63, 3.8) is 0 Å². The Kier molecular flexibility index (Phi) is 5.59. The molecule has 1 rings (SSSR count). The Morgan fingerprint density at radius 3 is 2.72 bits per heavy atom. The number of carboxylic acid groups (broad SMARTS) is 1. The first kappa shape index (κ1) is 15.0. The molecule has 104 valence electrons. The number of nitrogens with one attached hydrogen (secondary N) is 1. The van der Waals surface area contributed by atoms with Gasteiger partial charge in [-0.3, -0.25) is 14.5 Å². The van der Waals surface area contributed by atoms with E-state index in [0.717, 1.165) is 12.8 Å². The molecule has 1 aliphatic heterocycles. The number of rotatable bonds is 5. The minimum absolute atomic E-state index is 0.0786. The quantitative estimate of drug-likeness (QED) is 0.772. The number of carbonyl (C=O) groups excluding carboxylic acids is 1. The Labute approximate surface area is 109 Å². The highest BCUT2D eigenvalue weighted by Crippen LogP contribution is 2.22. The topological polar surface area (TPSA) is 69.6 Å². The highest BCUT2D eigenvalue weighted by atomic mass is 16.4. The van der Waals surface area contributed by atoms with Crippen molar-refractivity contribution in [1.82, 2.24) is 10.2 Å². The van der Waals surface area contributed by atoms with Crippen molar-refractivity contribution in [2.24, 2.45) is 5.92 Å². The first-order chi connectivity index (χ1) is 8.43. The maximum Gasteiger partial charge on any atom is 0.320 e. The second-order valence-electron chi connectivity index (χ2n) is 5.33. The summed E-state index contributed by atoms with van der Waals surface area (Å²) < 4.78 is 0. The van der Waals surface area contributed by atoms with Crippen LogP contribution in [-0.2, 0) is 9.59 Å². The van der Waals surface area contributed by atoms with Crippen LogP contribution < -0.4 is 5.32 Å². The third-order valence-corrected chi connectivity index (χ3v) is 3.63. The summed E-state index contributed by atoms with van der Waals surface area (Å²) in [6.07, 6.45) is 2.47. The van der Waals surface area contributed by atoms with Crippen LogP contribution in [0.2, 0.25) is 0 Å². The summed E-state index contributed by atoms with van der Waals surface area (Å²) in [5, 5.41) is 12.1. The zero-order chi connectivity index (χ0) is 13.7. The fourth-order valence-corrected chi connectivity index (χ4v) is 2.24. The molecule has 0 saturated carbocycles. The molecule has 18 heavy (non-hydrogen) atoms. The van der Waals surface area contributed by atoms with Gasteiger partial charge in [-0.2, -0.15) is 0 Å². The molecule has 5 nitrogen and oxygen atoms in total. The van der Waals surface area contributed by atoms with Gasteiger partial charge >= 0.3 is 5.97 Å². The number of piperidine rings is 1. The van der Waals surface area contributed by atoms with E-state index in [1.165, 1.54) is 0 Å². The Bertz CT molecular complexity index is 307. The van der Waals surface area contributed by atoms with Gasteiger partial charge in [0.1, 0.15) is 6.04 Å². The highest BCUT2D eigenvalue weighted by molar-refractivity contribution is 5.80. The molecule has 3 unspecified atom stereocenters. The number of carboxylic acids is 1. The number of hydrogen-bond donors (Lipinski definition) is 2. The molecular formula is C13H24N2O3. The molecule has 5 heteroatoms. The summed E-state index contributed by atoms with van der Waals surface area (Å²) in [7, 11) is 0. The number of carbonyl (C=O) groups is 2. The summed E-state index contributed by atoms with van der Waals surface area (Å²) in [6.45, 7) is 6.89. The second kappa shape index (κ2) is 6.73. The van der Waals surface area contributed by atoms with E-state index >= 15 is 0 Å². The predicted molar refractivity (Wildman–Crippen MR) is 69.3 cm³/mol. The monoisotopic (exact) mass is 256 g/mol. The van der Waals surface area contributed by atoms with E-state index in [1.807, 2.05) is 13.8 Å². The van der Waals surface area contributed by atoms with Gasteiger partial charge in [0.15, 0.2) is 0 Å². The maximum atomic E-state index is 11.8. The molecule has 1 aliphatic rings.